The lowest BCUT2D eigenvalue weighted by molar-refractivity contribution is -0.385. The highest BCUT2D eigenvalue weighted by molar-refractivity contribution is 5.45. The monoisotopic (exact) mass is 282 g/mol. The number of hydrogen-bond donors (Lipinski definition) is 1. The van der Waals surface area contributed by atoms with Crippen LogP contribution >= 0.6 is 0 Å². The van der Waals surface area contributed by atoms with Gasteiger partial charge in [-0.15, -0.1) is 0 Å². The molecule has 0 bridgehead atoms. The molecule has 0 saturated heterocycles. The van der Waals surface area contributed by atoms with Crippen LogP contribution in [-0.2, 0) is 0 Å². The summed E-state index contributed by atoms with van der Waals surface area (Å²) in [5.74, 6) is -0.647. The molecule has 20 heavy (non-hydrogen) atoms. The number of benzene rings is 1. The minimum atomic E-state index is -0.707. The maximum Gasteiger partial charge on any atom is 0.275 e. The van der Waals surface area contributed by atoms with E-state index >= 15 is 0 Å². The summed E-state index contributed by atoms with van der Waals surface area (Å²) in [7, 11) is 0. The number of nitro benzene ring substituents is 1. The summed E-state index contributed by atoms with van der Waals surface area (Å²) in [5.41, 5.74) is 5.95. The number of nitrogens with two attached hydrogens (primary N) is 1. The molecule has 1 aromatic rings. The predicted octanol–water partition coefficient (Wildman–Crippen LogP) is 2.94. The Morgan fingerprint density at radius 3 is 2.75 bits per heavy atom. The number of nitrogens with zero attached hydrogens (tertiary/aromatic N) is 1. The standard InChI is InChI=1S/C14H19FN2O3/c1-4-14(3)12(16)7-13(14)20-11-5-8(2)10(17(18)19)6-9(11)15/h5-6,12-13H,4,7,16H2,1-3H3. The van der Waals surface area contributed by atoms with Crippen LogP contribution in [0.25, 0.3) is 0 Å². The topological polar surface area (TPSA) is 78.4 Å². The summed E-state index contributed by atoms with van der Waals surface area (Å²) in [6.45, 7) is 5.60. The second-order valence-electron chi connectivity index (χ2n) is 5.63. The first-order valence-corrected chi connectivity index (χ1v) is 6.66. The Labute approximate surface area is 117 Å². The highest BCUT2D eigenvalue weighted by atomic mass is 19.1. The number of hydrogen-bond acceptors (Lipinski definition) is 4. The van der Waals surface area contributed by atoms with Crippen molar-refractivity contribution in [1.82, 2.24) is 0 Å². The van der Waals surface area contributed by atoms with E-state index in [0.717, 1.165) is 12.5 Å². The van der Waals surface area contributed by atoms with Crippen LogP contribution in [0, 0.1) is 28.3 Å². The summed E-state index contributed by atoms with van der Waals surface area (Å²) in [5, 5.41) is 10.7. The lowest BCUT2D eigenvalue weighted by Crippen LogP contribution is -2.61. The van der Waals surface area contributed by atoms with Gasteiger partial charge in [0.25, 0.3) is 5.69 Å². The van der Waals surface area contributed by atoms with Gasteiger partial charge in [-0.3, -0.25) is 10.1 Å². The van der Waals surface area contributed by atoms with Gasteiger partial charge in [0, 0.05) is 23.4 Å². The third kappa shape index (κ3) is 2.24. The summed E-state index contributed by atoms with van der Waals surface area (Å²) in [6.07, 6.45) is 1.35. The van der Waals surface area contributed by atoms with E-state index in [0.29, 0.717) is 12.0 Å². The lowest BCUT2D eigenvalue weighted by atomic mass is 9.62. The molecule has 1 aromatic carbocycles. The molecule has 2 N–H and O–H groups in total. The molecule has 0 aliphatic heterocycles. The van der Waals surface area contributed by atoms with E-state index in [-0.39, 0.29) is 29.0 Å². The Kier molecular flexibility index (Phi) is 3.69. The quantitative estimate of drug-likeness (QED) is 0.680. The molecule has 0 aromatic heterocycles. The molecule has 1 saturated carbocycles. The van der Waals surface area contributed by atoms with Gasteiger partial charge < -0.3 is 10.5 Å². The maximum atomic E-state index is 13.9. The third-order valence-electron chi connectivity index (χ3n) is 4.53. The van der Waals surface area contributed by atoms with Crippen molar-refractivity contribution in [2.75, 3.05) is 0 Å². The second kappa shape index (κ2) is 5.01. The summed E-state index contributed by atoms with van der Waals surface area (Å²) >= 11 is 0. The van der Waals surface area contributed by atoms with Gasteiger partial charge in [-0.25, -0.2) is 4.39 Å². The number of halogens is 1. The zero-order valence-corrected chi connectivity index (χ0v) is 11.9. The van der Waals surface area contributed by atoms with Crippen molar-refractivity contribution >= 4 is 5.69 Å². The van der Waals surface area contributed by atoms with E-state index in [1.807, 2.05) is 13.8 Å². The largest absolute Gasteiger partial charge is 0.487 e. The van der Waals surface area contributed by atoms with Crippen LogP contribution in [-0.4, -0.2) is 17.1 Å². The maximum absolute atomic E-state index is 13.9. The Morgan fingerprint density at radius 1 is 1.60 bits per heavy atom. The zero-order chi connectivity index (χ0) is 15.1. The van der Waals surface area contributed by atoms with E-state index in [1.165, 1.54) is 6.07 Å². The fourth-order valence-electron chi connectivity index (χ4n) is 2.60. The minimum absolute atomic E-state index is 0.0414. The fourth-order valence-corrected chi connectivity index (χ4v) is 2.60. The molecule has 1 aliphatic rings. The lowest BCUT2D eigenvalue weighted by Gasteiger charge is -2.51. The molecule has 5 nitrogen and oxygen atoms in total. The van der Waals surface area contributed by atoms with Crippen LogP contribution in [0.4, 0.5) is 10.1 Å². The summed E-state index contributed by atoms with van der Waals surface area (Å²) in [6, 6.07) is 2.33. The van der Waals surface area contributed by atoms with Gasteiger partial charge in [0.2, 0.25) is 0 Å². The Hall–Kier alpha value is -1.69. The predicted molar refractivity (Wildman–Crippen MR) is 73.2 cm³/mol. The van der Waals surface area contributed by atoms with Gasteiger partial charge in [0.05, 0.1) is 11.0 Å². The molecule has 0 heterocycles. The Balaban J connectivity index is 2.23. The highest BCUT2D eigenvalue weighted by Gasteiger charge is 2.50. The smallest absolute Gasteiger partial charge is 0.275 e. The molecule has 1 fully saturated rings. The fraction of sp³-hybridized carbons (Fsp3) is 0.571. The van der Waals surface area contributed by atoms with E-state index in [2.05, 4.69) is 0 Å². The molecular formula is C14H19FN2O3. The molecule has 1 aliphatic carbocycles. The first kappa shape index (κ1) is 14.7. The summed E-state index contributed by atoms with van der Waals surface area (Å²) in [4.78, 5) is 10.1. The van der Waals surface area contributed by atoms with Crippen LogP contribution in [0.5, 0.6) is 5.75 Å². The molecule has 2 rings (SSSR count). The van der Waals surface area contributed by atoms with Gasteiger partial charge in [0.15, 0.2) is 11.6 Å². The molecule has 0 radical (unpaired) electrons. The molecule has 110 valence electrons. The van der Waals surface area contributed by atoms with E-state index in [4.69, 9.17) is 10.5 Å². The average molecular weight is 282 g/mol. The Bertz CT molecular complexity index is 549. The van der Waals surface area contributed by atoms with Crippen LogP contribution in [0.2, 0.25) is 0 Å². The highest BCUT2D eigenvalue weighted by Crippen LogP contribution is 2.45. The molecule has 6 heteroatoms. The number of nitro groups is 1. The van der Waals surface area contributed by atoms with Crippen molar-refractivity contribution in [3.05, 3.63) is 33.6 Å². The number of aryl methyl sites for hydroxylation is 1. The van der Waals surface area contributed by atoms with Crippen molar-refractivity contribution in [1.29, 1.82) is 0 Å². The van der Waals surface area contributed by atoms with Gasteiger partial charge in [-0.05, 0) is 19.4 Å². The SMILES string of the molecule is CCC1(C)C(N)CC1Oc1cc(C)c([N+](=O)[O-])cc1F. The van der Waals surface area contributed by atoms with Gasteiger partial charge >= 0.3 is 0 Å². The Morgan fingerprint density at radius 2 is 2.25 bits per heavy atom. The minimum Gasteiger partial charge on any atom is -0.487 e. The van der Waals surface area contributed by atoms with E-state index < -0.39 is 10.7 Å². The van der Waals surface area contributed by atoms with Crippen molar-refractivity contribution in [2.24, 2.45) is 11.1 Å². The van der Waals surface area contributed by atoms with Crippen molar-refractivity contribution in [3.8, 4) is 5.75 Å². The van der Waals surface area contributed by atoms with Gasteiger partial charge in [-0.1, -0.05) is 13.8 Å². The number of rotatable bonds is 4. The third-order valence-corrected chi connectivity index (χ3v) is 4.53. The summed E-state index contributed by atoms with van der Waals surface area (Å²) < 4.78 is 19.6. The second-order valence-corrected chi connectivity index (χ2v) is 5.63. The van der Waals surface area contributed by atoms with Crippen molar-refractivity contribution in [2.45, 2.75) is 45.8 Å². The van der Waals surface area contributed by atoms with E-state index in [1.54, 1.807) is 6.92 Å². The van der Waals surface area contributed by atoms with Crippen LogP contribution in [0.15, 0.2) is 12.1 Å². The average Bonchev–Trinajstić information content (AvgIpc) is 2.40. The first-order chi connectivity index (χ1) is 9.29. The molecular weight excluding hydrogens is 263 g/mol. The van der Waals surface area contributed by atoms with Gasteiger partial charge in [0.1, 0.15) is 6.10 Å². The van der Waals surface area contributed by atoms with Gasteiger partial charge in [-0.2, -0.15) is 0 Å². The van der Waals surface area contributed by atoms with Crippen LogP contribution in [0.3, 0.4) is 0 Å². The normalized spacial score (nSPS) is 28.9. The van der Waals surface area contributed by atoms with Crippen molar-refractivity contribution < 1.29 is 14.1 Å². The number of ether oxygens (including phenoxy) is 1. The van der Waals surface area contributed by atoms with Crippen molar-refractivity contribution in [3.63, 3.8) is 0 Å². The molecule has 3 atom stereocenters. The zero-order valence-electron chi connectivity index (χ0n) is 11.9. The molecule has 3 unspecified atom stereocenters. The molecule has 0 spiro atoms. The van der Waals surface area contributed by atoms with Crippen LogP contribution < -0.4 is 10.5 Å². The van der Waals surface area contributed by atoms with E-state index in [9.17, 15) is 14.5 Å². The van der Waals surface area contributed by atoms with Crippen LogP contribution in [0.1, 0.15) is 32.3 Å². The first-order valence-electron chi connectivity index (χ1n) is 6.66. The molecule has 0 amide bonds.